The van der Waals surface area contributed by atoms with Crippen LogP contribution in [0.5, 0.6) is 0 Å². The van der Waals surface area contributed by atoms with Gasteiger partial charge >= 0.3 is 0 Å². The van der Waals surface area contributed by atoms with Crippen molar-refractivity contribution in [3.63, 3.8) is 0 Å². The first-order chi connectivity index (χ1) is 7.45. The average Bonchev–Trinajstić information content (AvgIpc) is 2.32. The fourth-order valence-electron chi connectivity index (χ4n) is 2.46. The molecule has 1 atom stereocenters. The van der Waals surface area contributed by atoms with Crippen LogP contribution in [0.25, 0.3) is 0 Å². The Balaban J connectivity index is 1.53. The number of hydrogen-bond acceptors (Lipinski definition) is 3. The van der Waals surface area contributed by atoms with Crippen LogP contribution in [0.15, 0.2) is 0 Å². The van der Waals surface area contributed by atoms with Crippen LogP contribution in [0.2, 0.25) is 0 Å². The Morgan fingerprint density at radius 1 is 1.13 bits per heavy atom. The highest BCUT2D eigenvalue weighted by molar-refractivity contribution is 7.99. The van der Waals surface area contributed by atoms with Gasteiger partial charge in [0.2, 0.25) is 0 Å². The van der Waals surface area contributed by atoms with E-state index in [1.54, 1.807) is 0 Å². The first-order valence-corrected chi connectivity index (χ1v) is 7.49. The van der Waals surface area contributed by atoms with Crippen molar-refractivity contribution in [2.45, 2.75) is 38.1 Å². The van der Waals surface area contributed by atoms with E-state index in [1.165, 1.54) is 43.6 Å². The molecule has 15 heavy (non-hydrogen) atoms. The fraction of sp³-hybridized carbons (Fsp3) is 1.00. The topological polar surface area (TPSA) is 21.3 Å². The molecule has 0 spiro atoms. The van der Waals surface area contributed by atoms with E-state index in [0.29, 0.717) is 6.04 Å². The number of rotatable bonds is 4. The third kappa shape index (κ3) is 4.33. The third-order valence-electron chi connectivity index (χ3n) is 3.40. The maximum Gasteiger partial charge on any atom is 0.0627 e. The molecule has 1 saturated carbocycles. The van der Waals surface area contributed by atoms with Crippen molar-refractivity contribution in [3.05, 3.63) is 0 Å². The Bertz CT molecular complexity index is 147. The van der Waals surface area contributed by atoms with Crippen LogP contribution in [-0.4, -0.2) is 37.3 Å². The van der Waals surface area contributed by atoms with Crippen molar-refractivity contribution in [1.82, 2.24) is 5.32 Å². The van der Waals surface area contributed by atoms with E-state index in [0.717, 1.165) is 25.7 Å². The lowest BCUT2D eigenvalue weighted by atomic mass is 9.90. The Hall–Kier alpha value is 0.270. The summed E-state index contributed by atoms with van der Waals surface area (Å²) in [5.74, 6) is 3.35. The van der Waals surface area contributed by atoms with Gasteiger partial charge in [0.1, 0.15) is 0 Å². The standard InChI is InChI=1S/C12H23NOS/c1-2-4-11(5-3-1)8-14-9-12-10-15-7-6-13-12/h11-13H,1-10H2. The molecule has 0 aromatic rings. The fourth-order valence-corrected chi connectivity index (χ4v) is 3.38. The molecule has 88 valence electrons. The van der Waals surface area contributed by atoms with Gasteiger partial charge in [-0.25, -0.2) is 0 Å². The van der Waals surface area contributed by atoms with E-state index in [-0.39, 0.29) is 0 Å². The molecule has 2 nitrogen and oxygen atoms in total. The molecule has 1 aliphatic heterocycles. The van der Waals surface area contributed by atoms with Gasteiger partial charge in [-0.2, -0.15) is 11.8 Å². The van der Waals surface area contributed by atoms with Crippen LogP contribution < -0.4 is 5.32 Å². The van der Waals surface area contributed by atoms with Crippen LogP contribution in [0.3, 0.4) is 0 Å². The highest BCUT2D eigenvalue weighted by Gasteiger charge is 2.16. The molecule has 1 N–H and O–H groups in total. The molecule has 2 fully saturated rings. The Kier molecular flexibility index (Phi) is 5.30. The lowest BCUT2D eigenvalue weighted by molar-refractivity contribution is 0.0732. The van der Waals surface area contributed by atoms with E-state index in [1.807, 2.05) is 11.8 Å². The molecular formula is C12H23NOS. The largest absolute Gasteiger partial charge is 0.380 e. The van der Waals surface area contributed by atoms with Crippen LogP contribution >= 0.6 is 11.8 Å². The highest BCUT2D eigenvalue weighted by atomic mass is 32.2. The van der Waals surface area contributed by atoms with Crippen LogP contribution in [0, 0.1) is 5.92 Å². The van der Waals surface area contributed by atoms with Crippen molar-refractivity contribution < 1.29 is 4.74 Å². The van der Waals surface area contributed by atoms with Gasteiger partial charge in [0.15, 0.2) is 0 Å². The molecule has 0 amide bonds. The van der Waals surface area contributed by atoms with Gasteiger partial charge in [0.25, 0.3) is 0 Å². The molecule has 2 aliphatic rings. The molecule has 1 saturated heterocycles. The zero-order valence-electron chi connectivity index (χ0n) is 9.54. The lowest BCUT2D eigenvalue weighted by Gasteiger charge is -2.25. The Morgan fingerprint density at radius 2 is 2.00 bits per heavy atom. The van der Waals surface area contributed by atoms with Crippen LogP contribution in [-0.2, 0) is 4.74 Å². The second-order valence-electron chi connectivity index (χ2n) is 4.77. The van der Waals surface area contributed by atoms with Crippen molar-refractivity contribution in [1.29, 1.82) is 0 Å². The third-order valence-corrected chi connectivity index (χ3v) is 4.53. The summed E-state index contributed by atoms with van der Waals surface area (Å²) in [6, 6.07) is 0.604. The number of nitrogens with one attached hydrogen (secondary N) is 1. The number of hydrogen-bond donors (Lipinski definition) is 1. The highest BCUT2D eigenvalue weighted by Crippen LogP contribution is 2.23. The number of thioether (sulfide) groups is 1. The van der Waals surface area contributed by atoms with Gasteiger partial charge in [0, 0.05) is 30.7 Å². The monoisotopic (exact) mass is 229 g/mol. The quantitative estimate of drug-likeness (QED) is 0.799. The van der Waals surface area contributed by atoms with E-state index >= 15 is 0 Å². The van der Waals surface area contributed by atoms with E-state index in [2.05, 4.69) is 5.32 Å². The molecule has 1 unspecified atom stereocenters. The van der Waals surface area contributed by atoms with E-state index in [9.17, 15) is 0 Å². The molecule has 2 rings (SSSR count). The molecule has 1 heterocycles. The van der Waals surface area contributed by atoms with E-state index < -0.39 is 0 Å². The van der Waals surface area contributed by atoms with Gasteiger partial charge in [-0.3, -0.25) is 0 Å². The van der Waals surface area contributed by atoms with Crippen LogP contribution in [0.1, 0.15) is 32.1 Å². The van der Waals surface area contributed by atoms with Gasteiger partial charge < -0.3 is 10.1 Å². The second-order valence-corrected chi connectivity index (χ2v) is 5.92. The lowest BCUT2D eigenvalue weighted by Crippen LogP contribution is -2.41. The summed E-state index contributed by atoms with van der Waals surface area (Å²) in [5, 5.41) is 3.51. The summed E-state index contributed by atoms with van der Waals surface area (Å²) in [5.41, 5.74) is 0. The maximum absolute atomic E-state index is 5.84. The van der Waals surface area contributed by atoms with Crippen LogP contribution in [0.4, 0.5) is 0 Å². The zero-order valence-corrected chi connectivity index (χ0v) is 10.4. The Labute approximate surface area is 97.5 Å². The minimum absolute atomic E-state index is 0.604. The predicted molar refractivity (Wildman–Crippen MR) is 66.5 cm³/mol. The molecular weight excluding hydrogens is 206 g/mol. The summed E-state index contributed by atoms with van der Waals surface area (Å²) in [4.78, 5) is 0. The second kappa shape index (κ2) is 6.77. The average molecular weight is 229 g/mol. The minimum Gasteiger partial charge on any atom is -0.380 e. The summed E-state index contributed by atoms with van der Waals surface area (Å²) >= 11 is 2.05. The molecule has 0 radical (unpaired) electrons. The molecule has 0 aromatic heterocycles. The number of ether oxygens (including phenoxy) is 1. The first-order valence-electron chi connectivity index (χ1n) is 6.34. The smallest absolute Gasteiger partial charge is 0.0627 e. The maximum atomic E-state index is 5.84. The SMILES string of the molecule is C1CCC(COCC2CSCCN2)CC1. The summed E-state index contributed by atoms with van der Waals surface area (Å²) in [7, 11) is 0. The zero-order chi connectivity index (χ0) is 10.3. The van der Waals surface area contributed by atoms with Gasteiger partial charge in [-0.05, 0) is 18.8 Å². The van der Waals surface area contributed by atoms with Crippen molar-refractivity contribution in [3.8, 4) is 0 Å². The van der Waals surface area contributed by atoms with Gasteiger partial charge in [-0.15, -0.1) is 0 Å². The molecule has 0 bridgehead atoms. The van der Waals surface area contributed by atoms with Crippen molar-refractivity contribution in [2.75, 3.05) is 31.3 Å². The molecule has 1 aliphatic carbocycles. The van der Waals surface area contributed by atoms with Gasteiger partial charge in [0.05, 0.1) is 6.61 Å². The summed E-state index contributed by atoms with van der Waals surface area (Å²) < 4.78 is 5.84. The Morgan fingerprint density at radius 3 is 2.73 bits per heavy atom. The predicted octanol–water partition coefficient (Wildman–Crippen LogP) is 2.29. The molecule has 0 aromatic carbocycles. The minimum atomic E-state index is 0.604. The van der Waals surface area contributed by atoms with Crippen molar-refractivity contribution >= 4 is 11.8 Å². The van der Waals surface area contributed by atoms with Crippen molar-refractivity contribution in [2.24, 2.45) is 5.92 Å². The summed E-state index contributed by atoms with van der Waals surface area (Å²) in [6.45, 7) is 3.08. The summed E-state index contributed by atoms with van der Waals surface area (Å²) in [6.07, 6.45) is 7.08. The molecule has 3 heteroatoms. The van der Waals surface area contributed by atoms with E-state index in [4.69, 9.17) is 4.74 Å². The van der Waals surface area contributed by atoms with Gasteiger partial charge in [-0.1, -0.05) is 19.3 Å². The normalized spacial score (nSPS) is 29.2. The first kappa shape index (κ1) is 11.7.